The Morgan fingerprint density at radius 3 is 2.53 bits per heavy atom. The molecule has 15 heavy (non-hydrogen) atoms. The zero-order valence-electron chi connectivity index (χ0n) is 9.91. The van der Waals surface area contributed by atoms with E-state index in [2.05, 4.69) is 18.7 Å². The number of carbonyl (C=O) groups is 1. The Labute approximate surface area is 92.5 Å². The molecule has 0 aromatic rings. The predicted octanol–water partition coefficient (Wildman–Crippen LogP) is 2.36. The molecule has 1 N–H and O–H groups in total. The molecule has 1 atom stereocenters. The molecular formula is C12H23NO2. The second-order valence-corrected chi connectivity index (χ2v) is 4.77. The van der Waals surface area contributed by atoms with Crippen molar-refractivity contribution in [1.82, 2.24) is 4.90 Å². The van der Waals surface area contributed by atoms with E-state index in [-0.39, 0.29) is 6.54 Å². The molecule has 0 spiro atoms. The van der Waals surface area contributed by atoms with Gasteiger partial charge in [0.25, 0.3) is 0 Å². The number of aliphatic carboxylic acids is 1. The lowest BCUT2D eigenvalue weighted by Crippen LogP contribution is -2.40. The average molecular weight is 213 g/mol. The zero-order chi connectivity index (χ0) is 11.3. The second-order valence-electron chi connectivity index (χ2n) is 4.77. The van der Waals surface area contributed by atoms with Crippen LogP contribution in [0.3, 0.4) is 0 Å². The molecule has 0 saturated heterocycles. The number of hydrogen-bond donors (Lipinski definition) is 1. The van der Waals surface area contributed by atoms with Gasteiger partial charge < -0.3 is 5.11 Å². The largest absolute Gasteiger partial charge is 0.480 e. The van der Waals surface area contributed by atoms with Gasteiger partial charge in [-0.1, -0.05) is 33.1 Å². The topological polar surface area (TPSA) is 40.5 Å². The molecule has 3 heteroatoms. The molecule has 0 aromatic heterocycles. The van der Waals surface area contributed by atoms with E-state index in [9.17, 15) is 4.79 Å². The van der Waals surface area contributed by atoms with Gasteiger partial charge in [0, 0.05) is 12.6 Å². The highest BCUT2D eigenvalue weighted by molar-refractivity contribution is 5.69. The Bertz CT molecular complexity index is 200. The summed E-state index contributed by atoms with van der Waals surface area (Å²) >= 11 is 0. The third kappa shape index (κ3) is 4.20. The van der Waals surface area contributed by atoms with Gasteiger partial charge in [0.2, 0.25) is 0 Å². The van der Waals surface area contributed by atoms with Crippen molar-refractivity contribution < 1.29 is 9.90 Å². The van der Waals surface area contributed by atoms with Crippen molar-refractivity contribution >= 4 is 5.97 Å². The van der Waals surface area contributed by atoms with Gasteiger partial charge in [-0.05, 0) is 18.8 Å². The highest BCUT2D eigenvalue weighted by Crippen LogP contribution is 2.24. The van der Waals surface area contributed by atoms with Gasteiger partial charge >= 0.3 is 5.97 Å². The van der Waals surface area contributed by atoms with Crippen LogP contribution in [-0.4, -0.2) is 35.1 Å². The van der Waals surface area contributed by atoms with Crippen LogP contribution >= 0.6 is 0 Å². The third-order valence-electron chi connectivity index (χ3n) is 3.42. The minimum absolute atomic E-state index is 0.217. The fourth-order valence-corrected chi connectivity index (χ4v) is 2.32. The zero-order valence-corrected chi connectivity index (χ0v) is 9.91. The van der Waals surface area contributed by atoms with Crippen LogP contribution in [0.2, 0.25) is 0 Å². The smallest absolute Gasteiger partial charge is 0.317 e. The average Bonchev–Trinajstić information content (AvgIpc) is 2.68. The maximum absolute atomic E-state index is 10.8. The summed E-state index contributed by atoms with van der Waals surface area (Å²) in [4.78, 5) is 13.0. The Kier molecular flexibility index (Phi) is 5.09. The fraction of sp³-hybridized carbons (Fsp3) is 0.917. The summed E-state index contributed by atoms with van der Waals surface area (Å²) in [6, 6.07) is 0.523. The van der Waals surface area contributed by atoms with Gasteiger partial charge in [-0.2, -0.15) is 0 Å². The summed E-state index contributed by atoms with van der Waals surface area (Å²) < 4.78 is 0. The van der Waals surface area contributed by atoms with Crippen LogP contribution in [-0.2, 0) is 4.79 Å². The molecule has 1 saturated carbocycles. The highest BCUT2D eigenvalue weighted by atomic mass is 16.4. The van der Waals surface area contributed by atoms with Gasteiger partial charge in [-0.15, -0.1) is 0 Å². The number of carboxylic acids is 1. The molecule has 0 radical (unpaired) electrons. The lowest BCUT2D eigenvalue weighted by atomic mass is 10.1. The number of hydrogen-bond acceptors (Lipinski definition) is 2. The first-order valence-electron chi connectivity index (χ1n) is 6.09. The van der Waals surface area contributed by atoms with Crippen LogP contribution in [0.25, 0.3) is 0 Å². The Hall–Kier alpha value is -0.570. The number of nitrogens with zero attached hydrogens (tertiary/aromatic N) is 1. The van der Waals surface area contributed by atoms with Crippen molar-refractivity contribution in [3.05, 3.63) is 0 Å². The Morgan fingerprint density at radius 1 is 1.47 bits per heavy atom. The Balaban J connectivity index is 2.47. The second kappa shape index (κ2) is 6.11. The van der Waals surface area contributed by atoms with E-state index in [4.69, 9.17) is 5.11 Å². The first-order valence-corrected chi connectivity index (χ1v) is 6.09. The summed E-state index contributed by atoms with van der Waals surface area (Å²) in [5.74, 6) is -0.0878. The van der Waals surface area contributed by atoms with Crippen LogP contribution in [0.15, 0.2) is 0 Å². The lowest BCUT2D eigenvalue weighted by Gasteiger charge is -2.29. The number of carboxylic acid groups (broad SMARTS) is 1. The summed E-state index contributed by atoms with van der Waals surface area (Å²) in [7, 11) is 0. The van der Waals surface area contributed by atoms with Crippen molar-refractivity contribution in [3.63, 3.8) is 0 Å². The van der Waals surface area contributed by atoms with Crippen molar-refractivity contribution in [2.24, 2.45) is 5.92 Å². The highest BCUT2D eigenvalue weighted by Gasteiger charge is 2.24. The quantitative estimate of drug-likeness (QED) is 0.736. The molecule has 0 aliphatic heterocycles. The van der Waals surface area contributed by atoms with Crippen molar-refractivity contribution in [2.75, 3.05) is 13.1 Å². The van der Waals surface area contributed by atoms with Crippen LogP contribution in [0.1, 0.15) is 46.0 Å². The SMILES string of the molecule is CCC(C)CN(CC(=O)O)C1CCCC1. The standard InChI is InChI=1S/C12H23NO2/c1-3-10(2)8-13(9-12(14)15)11-6-4-5-7-11/h10-11H,3-9H2,1-2H3,(H,14,15). The van der Waals surface area contributed by atoms with Crippen LogP contribution < -0.4 is 0 Å². The van der Waals surface area contributed by atoms with Crippen molar-refractivity contribution in [3.8, 4) is 0 Å². The molecule has 0 aromatic carbocycles. The van der Waals surface area contributed by atoms with Crippen molar-refractivity contribution in [2.45, 2.75) is 52.0 Å². The minimum atomic E-state index is -0.690. The van der Waals surface area contributed by atoms with Gasteiger partial charge in [-0.25, -0.2) is 0 Å². The molecule has 1 unspecified atom stereocenters. The van der Waals surface area contributed by atoms with Gasteiger partial charge in [0.15, 0.2) is 0 Å². The molecule has 0 bridgehead atoms. The third-order valence-corrected chi connectivity index (χ3v) is 3.42. The molecular weight excluding hydrogens is 190 g/mol. The first-order chi connectivity index (χ1) is 7.13. The van der Waals surface area contributed by atoms with E-state index in [1.165, 1.54) is 25.7 Å². The molecule has 88 valence electrons. The van der Waals surface area contributed by atoms with Crippen molar-refractivity contribution in [1.29, 1.82) is 0 Å². The van der Waals surface area contributed by atoms with Crippen LogP contribution in [0, 0.1) is 5.92 Å². The van der Waals surface area contributed by atoms with E-state index in [1.807, 2.05) is 0 Å². The molecule has 0 amide bonds. The summed E-state index contributed by atoms with van der Waals surface area (Å²) in [6.45, 7) is 5.52. The summed E-state index contributed by atoms with van der Waals surface area (Å²) in [5.41, 5.74) is 0. The Morgan fingerprint density at radius 2 is 2.07 bits per heavy atom. The first kappa shape index (κ1) is 12.5. The normalized spacial score (nSPS) is 19.7. The van der Waals surface area contributed by atoms with E-state index < -0.39 is 5.97 Å². The molecule has 0 heterocycles. The fourth-order valence-electron chi connectivity index (χ4n) is 2.32. The van der Waals surface area contributed by atoms with Crippen LogP contribution in [0.4, 0.5) is 0 Å². The molecule has 1 fully saturated rings. The van der Waals surface area contributed by atoms with E-state index in [1.54, 1.807) is 0 Å². The summed E-state index contributed by atoms with van der Waals surface area (Å²) in [5, 5.41) is 8.89. The molecule has 1 rings (SSSR count). The molecule has 1 aliphatic rings. The van der Waals surface area contributed by atoms with Gasteiger partial charge in [-0.3, -0.25) is 9.69 Å². The lowest BCUT2D eigenvalue weighted by molar-refractivity contribution is -0.139. The van der Waals surface area contributed by atoms with Crippen LogP contribution in [0.5, 0.6) is 0 Å². The van der Waals surface area contributed by atoms with E-state index in [0.717, 1.165) is 13.0 Å². The van der Waals surface area contributed by atoms with E-state index >= 15 is 0 Å². The minimum Gasteiger partial charge on any atom is -0.480 e. The van der Waals surface area contributed by atoms with Gasteiger partial charge in [0.1, 0.15) is 0 Å². The predicted molar refractivity (Wildman–Crippen MR) is 60.9 cm³/mol. The monoisotopic (exact) mass is 213 g/mol. The summed E-state index contributed by atoms with van der Waals surface area (Å²) in [6.07, 6.45) is 6.03. The van der Waals surface area contributed by atoms with Gasteiger partial charge in [0.05, 0.1) is 6.54 Å². The molecule has 3 nitrogen and oxygen atoms in total. The maximum atomic E-state index is 10.8. The number of rotatable bonds is 6. The van der Waals surface area contributed by atoms with E-state index in [0.29, 0.717) is 12.0 Å². The molecule has 1 aliphatic carbocycles. The maximum Gasteiger partial charge on any atom is 0.317 e.